The first-order valence-corrected chi connectivity index (χ1v) is 7.67. The van der Waals surface area contributed by atoms with E-state index in [4.69, 9.17) is 5.73 Å². The van der Waals surface area contributed by atoms with Gasteiger partial charge in [-0.2, -0.15) is 0 Å². The highest BCUT2D eigenvalue weighted by Crippen LogP contribution is 2.20. The van der Waals surface area contributed by atoms with Gasteiger partial charge in [0.2, 0.25) is 0 Å². The minimum absolute atomic E-state index is 0.548. The summed E-state index contributed by atoms with van der Waals surface area (Å²) >= 11 is 0. The van der Waals surface area contributed by atoms with Crippen molar-refractivity contribution in [3.8, 4) is 11.3 Å². The molecule has 0 spiro atoms. The number of aromatic nitrogens is 3. The van der Waals surface area contributed by atoms with Crippen molar-refractivity contribution in [1.82, 2.24) is 19.4 Å². The minimum atomic E-state index is 0.548. The number of nitrogens with two attached hydrogens (primary N) is 1. The van der Waals surface area contributed by atoms with Gasteiger partial charge in [-0.3, -0.25) is 0 Å². The molecule has 1 fully saturated rings. The molecular formula is C16H23N5. The molecule has 1 saturated heterocycles. The average Bonchev–Trinajstić information content (AvgIpc) is 3.11. The molecule has 0 radical (unpaired) electrons. The van der Waals surface area contributed by atoms with Crippen LogP contribution in [0.2, 0.25) is 0 Å². The molecular weight excluding hydrogens is 262 g/mol. The second-order valence-corrected chi connectivity index (χ2v) is 6.02. The highest BCUT2D eigenvalue weighted by atomic mass is 15.1. The summed E-state index contributed by atoms with van der Waals surface area (Å²) in [6.07, 6.45) is 8.32. The Balaban J connectivity index is 1.68. The van der Waals surface area contributed by atoms with Gasteiger partial charge in [0, 0.05) is 24.8 Å². The summed E-state index contributed by atoms with van der Waals surface area (Å²) in [5, 5.41) is 0. The summed E-state index contributed by atoms with van der Waals surface area (Å²) < 4.78 is 2.22. The Kier molecular flexibility index (Phi) is 4.20. The van der Waals surface area contributed by atoms with E-state index in [0.29, 0.717) is 11.7 Å². The predicted molar refractivity (Wildman–Crippen MR) is 84.7 cm³/mol. The molecule has 0 aromatic carbocycles. The van der Waals surface area contributed by atoms with Crippen LogP contribution in [0.1, 0.15) is 19.8 Å². The molecule has 1 aliphatic rings. The molecule has 1 atom stereocenters. The number of nitrogen functional groups attached to an aromatic ring is 1. The number of anilines is 1. The lowest BCUT2D eigenvalue weighted by Gasteiger charge is -2.21. The Morgan fingerprint density at radius 3 is 2.71 bits per heavy atom. The molecule has 5 heteroatoms. The molecule has 0 saturated carbocycles. The number of imidazole rings is 1. The summed E-state index contributed by atoms with van der Waals surface area (Å²) in [4.78, 5) is 11.0. The van der Waals surface area contributed by atoms with Crippen molar-refractivity contribution in [2.24, 2.45) is 5.92 Å². The maximum absolute atomic E-state index is 5.65. The van der Waals surface area contributed by atoms with Gasteiger partial charge in [-0.15, -0.1) is 0 Å². The van der Waals surface area contributed by atoms with E-state index in [0.717, 1.165) is 24.3 Å². The van der Waals surface area contributed by atoms with Gasteiger partial charge in [0.1, 0.15) is 5.82 Å². The summed E-state index contributed by atoms with van der Waals surface area (Å²) in [6, 6.07) is 3.83. The highest BCUT2D eigenvalue weighted by Gasteiger charge is 2.16. The fourth-order valence-electron chi connectivity index (χ4n) is 3.06. The maximum atomic E-state index is 5.65. The summed E-state index contributed by atoms with van der Waals surface area (Å²) in [6.45, 7) is 6.96. The molecule has 21 heavy (non-hydrogen) atoms. The predicted octanol–water partition coefficient (Wildman–Crippen LogP) is 2.26. The van der Waals surface area contributed by atoms with E-state index in [-0.39, 0.29) is 0 Å². The van der Waals surface area contributed by atoms with Crippen LogP contribution < -0.4 is 5.73 Å². The molecule has 2 aromatic rings. The first-order chi connectivity index (χ1) is 10.2. The average molecular weight is 285 g/mol. The molecule has 112 valence electrons. The monoisotopic (exact) mass is 285 g/mol. The van der Waals surface area contributed by atoms with Gasteiger partial charge in [-0.25, -0.2) is 9.97 Å². The van der Waals surface area contributed by atoms with Crippen LogP contribution >= 0.6 is 0 Å². The Labute approximate surface area is 125 Å². The summed E-state index contributed by atoms with van der Waals surface area (Å²) in [5.41, 5.74) is 7.82. The summed E-state index contributed by atoms with van der Waals surface area (Å²) in [5.74, 6) is 1.16. The Hall–Kier alpha value is -1.88. The lowest BCUT2D eigenvalue weighted by atomic mass is 10.1. The maximum Gasteiger partial charge on any atom is 0.123 e. The first-order valence-electron chi connectivity index (χ1n) is 7.67. The molecule has 0 bridgehead atoms. The topological polar surface area (TPSA) is 60.0 Å². The fraction of sp³-hybridized carbons (Fsp3) is 0.500. The lowest BCUT2D eigenvalue weighted by Crippen LogP contribution is -2.27. The van der Waals surface area contributed by atoms with Gasteiger partial charge in [0.25, 0.3) is 0 Å². The van der Waals surface area contributed by atoms with E-state index in [1.165, 1.54) is 25.9 Å². The van der Waals surface area contributed by atoms with Crippen molar-refractivity contribution in [1.29, 1.82) is 0 Å². The zero-order chi connectivity index (χ0) is 14.7. The van der Waals surface area contributed by atoms with Crippen molar-refractivity contribution in [3.63, 3.8) is 0 Å². The number of rotatable bonds is 5. The van der Waals surface area contributed by atoms with Crippen molar-refractivity contribution in [3.05, 3.63) is 30.9 Å². The van der Waals surface area contributed by atoms with Crippen LogP contribution in [0.15, 0.2) is 30.9 Å². The molecule has 5 nitrogen and oxygen atoms in total. The van der Waals surface area contributed by atoms with Crippen LogP contribution in [0.3, 0.4) is 0 Å². The Morgan fingerprint density at radius 2 is 2.00 bits per heavy atom. The van der Waals surface area contributed by atoms with Crippen molar-refractivity contribution < 1.29 is 0 Å². The van der Waals surface area contributed by atoms with Crippen LogP contribution in [0.4, 0.5) is 5.82 Å². The van der Waals surface area contributed by atoms with E-state index in [2.05, 4.69) is 26.4 Å². The molecule has 2 aromatic heterocycles. The lowest BCUT2D eigenvalue weighted by molar-refractivity contribution is 0.272. The zero-order valence-corrected chi connectivity index (χ0v) is 12.6. The summed E-state index contributed by atoms with van der Waals surface area (Å²) in [7, 11) is 0. The smallest absolute Gasteiger partial charge is 0.123 e. The van der Waals surface area contributed by atoms with E-state index >= 15 is 0 Å². The van der Waals surface area contributed by atoms with E-state index < -0.39 is 0 Å². The molecule has 0 amide bonds. The van der Waals surface area contributed by atoms with Crippen molar-refractivity contribution >= 4 is 5.82 Å². The minimum Gasteiger partial charge on any atom is -0.384 e. The van der Waals surface area contributed by atoms with E-state index in [1.54, 1.807) is 0 Å². The number of pyridine rings is 1. The Morgan fingerprint density at radius 1 is 1.19 bits per heavy atom. The molecule has 1 unspecified atom stereocenters. The zero-order valence-electron chi connectivity index (χ0n) is 12.6. The SMILES string of the molecule is CC(CN1CCCC1)Cn1cncc1-c1ccc(N)nc1. The van der Waals surface area contributed by atoms with Gasteiger partial charge in [0.05, 0.1) is 18.2 Å². The Bertz CT molecular complexity index is 569. The number of nitrogens with zero attached hydrogens (tertiary/aromatic N) is 4. The quantitative estimate of drug-likeness (QED) is 0.915. The fourth-order valence-corrected chi connectivity index (χ4v) is 3.06. The first kappa shape index (κ1) is 14.1. The van der Waals surface area contributed by atoms with E-state index in [9.17, 15) is 0 Å². The third kappa shape index (κ3) is 3.42. The van der Waals surface area contributed by atoms with Crippen molar-refractivity contribution in [2.45, 2.75) is 26.3 Å². The van der Waals surface area contributed by atoms with Crippen LogP contribution in [-0.2, 0) is 6.54 Å². The standard InChI is InChI=1S/C16H23N5/c1-13(10-20-6-2-3-7-20)11-21-12-18-9-15(21)14-4-5-16(17)19-8-14/h4-5,8-9,12-13H,2-3,6-7,10-11H2,1H3,(H2,17,19). The van der Waals surface area contributed by atoms with Crippen molar-refractivity contribution in [2.75, 3.05) is 25.4 Å². The second kappa shape index (κ2) is 6.26. The number of likely N-dealkylation sites (tertiary alicyclic amines) is 1. The van der Waals surface area contributed by atoms with Gasteiger partial charge in [-0.1, -0.05) is 6.92 Å². The largest absolute Gasteiger partial charge is 0.384 e. The van der Waals surface area contributed by atoms with Crippen LogP contribution in [0, 0.1) is 5.92 Å². The van der Waals surface area contributed by atoms with E-state index in [1.807, 2.05) is 30.9 Å². The molecule has 2 N–H and O–H groups in total. The molecule has 1 aliphatic heterocycles. The van der Waals surface area contributed by atoms with Gasteiger partial charge < -0.3 is 15.2 Å². The van der Waals surface area contributed by atoms with Crippen LogP contribution in [0.5, 0.6) is 0 Å². The highest BCUT2D eigenvalue weighted by molar-refractivity contribution is 5.59. The van der Waals surface area contributed by atoms with Crippen LogP contribution in [0.25, 0.3) is 11.3 Å². The third-order valence-corrected chi connectivity index (χ3v) is 4.07. The normalized spacial score (nSPS) is 17.2. The van der Waals surface area contributed by atoms with Gasteiger partial charge >= 0.3 is 0 Å². The molecule has 3 heterocycles. The third-order valence-electron chi connectivity index (χ3n) is 4.07. The molecule has 0 aliphatic carbocycles. The van der Waals surface area contributed by atoms with Gasteiger partial charge in [-0.05, 0) is 44.0 Å². The molecule has 3 rings (SSSR count). The van der Waals surface area contributed by atoms with Crippen LogP contribution in [-0.4, -0.2) is 39.1 Å². The van der Waals surface area contributed by atoms with Gasteiger partial charge in [0.15, 0.2) is 0 Å². The number of hydrogen-bond acceptors (Lipinski definition) is 4. The second-order valence-electron chi connectivity index (χ2n) is 6.02. The number of hydrogen-bond donors (Lipinski definition) is 1.